The van der Waals surface area contributed by atoms with Crippen molar-refractivity contribution in [3.8, 4) is 5.75 Å². The van der Waals surface area contributed by atoms with Crippen LogP contribution in [-0.2, 0) is 5.41 Å². The Balaban J connectivity index is 2.84. The zero-order chi connectivity index (χ0) is 14.7. The van der Waals surface area contributed by atoms with E-state index in [1.54, 1.807) is 21.0 Å². The van der Waals surface area contributed by atoms with E-state index in [4.69, 9.17) is 4.74 Å². The number of benzene rings is 1. The normalized spacial score (nSPS) is 12.6. The largest absolute Gasteiger partial charge is 0.496 e. The Morgan fingerprint density at radius 2 is 1.79 bits per heavy atom. The second-order valence-corrected chi connectivity index (χ2v) is 6.50. The second-order valence-electron chi connectivity index (χ2n) is 6.50. The van der Waals surface area contributed by atoms with Crippen LogP contribution < -0.4 is 10.1 Å². The van der Waals surface area contributed by atoms with Gasteiger partial charge in [0.05, 0.1) is 12.7 Å². The van der Waals surface area contributed by atoms with Crippen molar-refractivity contribution in [1.82, 2.24) is 5.32 Å². The third kappa shape index (κ3) is 4.84. The monoisotopic (exact) mass is 265 g/mol. The van der Waals surface area contributed by atoms with Crippen LogP contribution >= 0.6 is 0 Å². The van der Waals surface area contributed by atoms with Gasteiger partial charge >= 0.3 is 0 Å². The molecule has 1 aromatic carbocycles. The summed E-state index contributed by atoms with van der Waals surface area (Å²) < 4.78 is 5.46. The van der Waals surface area contributed by atoms with Crippen LogP contribution in [0.15, 0.2) is 18.2 Å². The Morgan fingerprint density at radius 1 is 1.16 bits per heavy atom. The first-order chi connectivity index (χ1) is 8.65. The van der Waals surface area contributed by atoms with Crippen molar-refractivity contribution in [3.05, 3.63) is 29.3 Å². The van der Waals surface area contributed by atoms with E-state index in [9.17, 15) is 5.11 Å². The van der Waals surface area contributed by atoms with Crippen LogP contribution in [-0.4, -0.2) is 30.9 Å². The van der Waals surface area contributed by atoms with Crippen LogP contribution in [0.1, 0.15) is 38.8 Å². The van der Waals surface area contributed by atoms with Crippen LogP contribution in [0.3, 0.4) is 0 Å². The molecule has 0 amide bonds. The minimum atomic E-state index is -0.688. The molecule has 0 atom stereocenters. The summed E-state index contributed by atoms with van der Waals surface area (Å²) in [5.74, 6) is 0.917. The van der Waals surface area contributed by atoms with Crippen molar-refractivity contribution in [2.75, 3.05) is 20.2 Å². The summed E-state index contributed by atoms with van der Waals surface area (Å²) in [5.41, 5.74) is 1.68. The summed E-state index contributed by atoms with van der Waals surface area (Å²) in [6.07, 6.45) is 0. The van der Waals surface area contributed by atoms with Gasteiger partial charge in [-0.05, 0) is 26.8 Å². The van der Waals surface area contributed by atoms with E-state index in [1.807, 2.05) is 6.07 Å². The topological polar surface area (TPSA) is 41.5 Å². The lowest BCUT2D eigenvalue weighted by molar-refractivity contribution is 0.0785. The summed E-state index contributed by atoms with van der Waals surface area (Å²) in [4.78, 5) is 0. The molecule has 0 unspecified atom stereocenters. The van der Waals surface area contributed by atoms with E-state index < -0.39 is 5.60 Å². The standard InChI is InChI=1S/C16H27NO2/c1-12-7-8-14(19-6)13(9-12)15(2,3)10-17-11-16(4,5)18/h7-9,17-18H,10-11H2,1-6H3. The van der Waals surface area contributed by atoms with Gasteiger partial charge in [-0.3, -0.25) is 0 Å². The molecule has 1 aromatic rings. The fourth-order valence-electron chi connectivity index (χ4n) is 2.13. The predicted molar refractivity (Wildman–Crippen MR) is 79.9 cm³/mol. The molecule has 3 heteroatoms. The summed E-state index contributed by atoms with van der Waals surface area (Å²) in [5, 5.41) is 13.1. The van der Waals surface area contributed by atoms with E-state index in [2.05, 4.69) is 38.2 Å². The first-order valence-electron chi connectivity index (χ1n) is 6.74. The second kappa shape index (κ2) is 5.93. The highest BCUT2D eigenvalue weighted by atomic mass is 16.5. The van der Waals surface area contributed by atoms with E-state index in [0.29, 0.717) is 6.54 Å². The van der Waals surface area contributed by atoms with Gasteiger partial charge in [-0.2, -0.15) is 0 Å². The van der Waals surface area contributed by atoms with E-state index in [0.717, 1.165) is 12.3 Å². The van der Waals surface area contributed by atoms with Gasteiger partial charge in [-0.15, -0.1) is 0 Å². The predicted octanol–water partition coefficient (Wildman–Crippen LogP) is 2.64. The molecule has 0 spiro atoms. The summed E-state index contributed by atoms with van der Waals surface area (Å²) in [6.45, 7) is 11.4. The molecule has 0 aliphatic carbocycles. The maximum Gasteiger partial charge on any atom is 0.122 e. The number of aryl methyl sites for hydroxylation is 1. The Morgan fingerprint density at radius 3 is 2.32 bits per heavy atom. The number of hydrogen-bond acceptors (Lipinski definition) is 3. The maximum atomic E-state index is 9.74. The molecule has 0 saturated carbocycles. The molecule has 1 rings (SSSR count). The summed E-state index contributed by atoms with van der Waals surface area (Å²) in [7, 11) is 1.70. The molecule has 0 bridgehead atoms. The van der Waals surface area contributed by atoms with Crippen LogP contribution in [0, 0.1) is 6.92 Å². The van der Waals surface area contributed by atoms with Gasteiger partial charge in [0, 0.05) is 24.1 Å². The number of rotatable bonds is 6. The number of aliphatic hydroxyl groups is 1. The zero-order valence-electron chi connectivity index (χ0n) is 13.0. The van der Waals surface area contributed by atoms with E-state index >= 15 is 0 Å². The third-order valence-electron chi connectivity index (χ3n) is 3.21. The molecule has 3 nitrogen and oxygen atoms in total. The van der Waals surface area contributed by atoms with Crippen LogP contribution in [0.25, 0.3) is 0 Å². The van der Waals surface area contributed by atoms with Gasteiger partial charge in [0.2, 0.25) is 0 Å². The third-order valence-corrected chi connectivity index (χ3v) is 3.21. The zero-order valence-corrected chi connectivity index (χ0v) is 13.0. The average Bonchev–Trinajstić information content (AvgIpc) is 2.27. The molecule has 0 saturated heterocycles. The molecule has 0 radical (unpaired) electrons. The van der Waals surface area contributed by atoms with Crippen molar-refractivity contribution < 1.29 is 9.84 Å². The number of nitrogens with one attached hydrogen (secondary N) is 1. The van der Waals surface area contributed by atoms with Crippen molar-refractivity contribution in [1.29, 1.82) is 0 Å². The fraction of sp³-hybridized carbons (Fsp3) is 0.625. The van der Waals surface area contributed by atoms with Crippen molar-refractivity contribution in [3.63, 3.8) is 0 Å². The summed E-state index contributed by atoms with van der Waals surface area (Å²) >= 11 is 0. The van der Waals surface area contributed by atoms with E-state index in [1.165, 1.54) is 11.1 Å². The quantitative estimate of drug-likeness (QED) is 0.831. The fourth-order valence-corrected chi connectivity index (χ4v) is 2.13. The Labute approximate surface area is 117 Å². The van der Waals surface area contributed by atoms with Crippen molar-refractivity contribution in [2.45, 2.75) is 45.6 Å². The van der Waals surface area contributed by atoms with E-state index in [-0.39, 0.29) is 5.41 Å². The van der Waals surface area contributed by atoms with Gasteiger partial charge in [0.15, 0.2) is 0 Å². The van der Waals surface area contributed by atoms with Gasteiger partial charge in [0.1, 0.15) is 5.75 Å². The highest BCUT2D eigenvalue weighted by molar-refractivity contribution is 5.41. The highest BCUT2D eigenvalue weighted by Crippen LogP contribution is 2.32. The molecule has 0 heterocycles. The first kappa shape index (κ1) is 16.0. The van der Waals surface area contributed by atoms with Crippen LogP contribution in [0.4, 0.5) is 0 Å². The molecule has 108 valence electrons. The van der Waals surface area contributed by atoms with Crippen LogP contribution in [0.5, 0.6) is 5.75 Å². The van der Waals surface area contributed by atoms with Gasteiger partial charge in [0.25, 0.3) is 0 Å². The Bertz CT molecular complexity index is 419. The van der Waals surface area contributed by atoms with Crippen molar-refractivity contribution >= 4 is 0 Å². The summed E-state index contributed by atoms with van der Waals surface area (Å²) in [6, 6.07) is 6.25. The molecular weight excluding hydrogens is 238 g/mol. The Kier molecular flexibility index (Phi) is 4.99. The Hall–Kier alpha value is -1.06. The molecule has 0 fully saturated rings. The van der Waals surface area contributed by atoms with Gasteiger partial charge < -0.3 is 15.2 Å². The number of ether oxygens (including phenoxy) is 1. The van der Waals surface area contributed by atoms with Crippen LogP contribution in [0.2, 0.25) is 0 Å². The lowest BCUT2D eigenvalue weighted by Gasteiger charge is -2.29. The average molecular weight is 265 g/mol. The lowest BCUT2D eigenvalue weighted by Crippen LogP contribution is -2.41. The molecule has 2 N–H and O–H groups in total. The molecule has 0 aliphatic rings. The number of hydrogen-bond donors (Lipinski definition) is 2. The maximum absolute atomic E-state index is 9.74. The smallest absolute Gasteiger partial charge is 0.122 e. The molecular formula is C16H27NO2. The minimum absolute atomic E-state index is 0.0530. The first-order valence-corrected chi connectivity index (χ1v) is 6.74. The SMILES string of the molecule is COc1ccc(C)cc1C(C)(C)CNCC(C)(C)O. The minimum Gasteiger partial charge on any atom is -0.496 e. The lowest BCUT2D eigenvalue weighted by atomic mass is 9.83. The van der Waals surface area contributed by atoms with Crippen molar-refractivity contribution in [2.24, 2.45) is 0 Å². The molecule has 0 aliphatic heterocycles. The molecule has 19 heavy (non-hydrogen) atoms. The van der Waals surface area contributed by atoms with Gasteiger partial charge in [-0.1, -0.05) is 31.5 Å². The number of methoxy groups -OCH3 is 1. The molecule has 0 aromatic heterocycles. The highest BCUT2D eigenvalue weighted by Gasteiger charge is 2.25. The van der Waals surface area contributed by atoms with Gasteiger partial charge in [-0.25, -0.2) is 0 Å².